The maximum absolute atomic E-state index is 13.4. The summed E-state index contributed by atoms with van der Waals surface area (Å²) in [5.74, 6) is -1.51. The molecule has 26 heavy (non-hydrogen) atoms. The molecule has 0 saturated carbocycles. The molecule has 0 aromatic heterocycles. The van der Waals surface area contributed by atoms with Crippen molar-refractivity contribution in [1.82, 2.24) is 5.32 Å². The Kier molecular flexibility index (Phi) is 5.66. The summed E-state index contributed by atoms with van der Waals surface area (Å²) in [4.78, 5) is 14.0. The zero-order chi connectivity index (χ0) is 18.5. The van der Waals surface area contributed by atoms with E-state index in [1.54, 1.807) is 12.1 Å². The molecule has 1 atom stereocenters. The average molecular weight is 356 g/mol. The summed E-state index contributed by atoms with van der Waals surface area (Å²) >= 11 is 0. The van der Waals surface area contributed by atoms with Gasteiger partial charge in [0.2, 0.25) is 5.91 Å². The molecule has 1 amide bonds. The molecular weight excluding hydrogens is 334 g/mol. The number of nitrogens with one attached hydrogen (secondary N) is 1. The fourth-order valence-electron chi connectivity index (χ4n) is 3.07. The van der Waals surface area contributed by atoms with Crippen LogP contribution in [0.15, 0.2) is 48.5 Å². The van der Waals surface area contributed by atoms with Gasteiger partial charge in [-0.15, -0.1) is 0 Å². The summed E-state index contributed by atoms with van der Waals surface area (Å²) in [5.41, 5.74) is 2.84. The minimum Gasteiger partial charge on any atom is -0.371 e. The van der Waals surface area contributed by atoms with Crippen LogP contribution in [0.4, 0.5) is 14.5 Å². The third kappa shape index (κ3) is 4.69. The molecule has 5 heteroatoms. The Balaban J connectivity index is 1.47. The lowest BCUT2D eigenvalue weighted by atomic mass is 10.1. The third-order valence-corrected chi connectivity index (χ3v) is 4.62. The van der Waals surface area contributed by atoms with Crippen molar-refractivity contribution in [3.05, 3.63) is 71.3 Å². The van der Waals surface area contributed by atoms with Crippen LogP contribution in [0.5, 0.6) is 0 Å². The summed E-state index contributed by atoms with van der Waals surface area (Å²) in [6.07, 6.45) is 4.23. The highest BCUT2D eigenvalue weighted by molar-refractivity contribution is 5.91. The number of anilines is 1. The molecule has 3 nitrogen and oxygen atoms in total. The molecule has 1 fully saturated rings. The molecular formula is C21H22F2N2O. The van der Waals surface area contributed by atoms with Crippen molar-refractivity contribution in [3.8, 4) is 0 Å². The van der Waals surface area contributed by atoms with Crippen molar-refractivity contribution < 1.29 is 13.6 Å². The van der Waals surface area contributed by atoms with Gasteiger partial charge in [0.05, 0.1) is 0 Å². The summed E-state index contributed by atoms with van der Waals surface area (Å²) in [6, 6.07) is 11.9. The van der Waals surface area contributed by atoms with Crippen LogP contribution in [0, 0.1) is 24.5 Å². The number of carbonyl (C=O) groups is 1. The lowest BCUT2D eigenvalue weighted by Gasteiger charge is -2.19. The maximum Gasteiger partial charge on any atom is 0.244 e. The molecule has 1 N–H and O–H groups in total. The molecule has 0 aliphatic carbocycles. The van der Waals surface area contributed by atoms with Crippen LogP contribution in [-0.2, 0) is 4.79 Å². The first-order chi connectivity index (χ1) is 12.5. The van der Waals surface area contributed by atoms with E-state index in [9.17, 15) is 13.6 Å². The molecule has 1 aliphatic rings. The standard InChI is InChI=1S/C21H22F2N2O/c1-15-2-4-16(5-3-15)6-9-21(26)24-13-17-10-11-25(14-17)18-7-8-19(22)20(23)12-18/h2-9,12,17H,10-11,13-14H2,1H3,(H,24,26)/b9-6+. The minimum absolute atomic E-state index is 0.128. The van der Waals surface area contributed by atoms with Gasteiger partial charge in [0.15, 0.2) is 11.6 Å². The molecule has 2 aromatic rings. The topological polar surface area (TPSA) is 32.3 Å². The SMILES string of the molecule is Cc1ccc(/C=C/C(=O)NCC2CCN(c3ccc(F)c(F)c3)C2)cc1. The summed E-state index contributed by atoms with van der Waals surface area (Å²) in [5, 5.41) is 2.91. The van der Waals surface area contributed by atoms with Gasteiger partial charge < -0.3 is 10.2 Å². The first-order valence-corrected chi connectivity index (χ1v) is 8.74. The summed E-state index contributed by atoms with van der Waals surface area (Å²) in [7, 11) is 0. The second-order valence-corrected chi connectivity index (χ2v) is 6.69. The Bertz CT molecular complexity index is 802. The highest BCUT2D eigenvalue weighted by Crippen LogP contribution is 2.25. The molecule has 1 aliphatic heterocycles. The number of carbonyl (C=O) groups excluding carboxylic acids is 1. The number of rotatable bonds is 5. The predicted octanol–water partition coefficient (Wildman–Crippen LogP) is 3.93. The van der Waals surface area contributed by atoms with Crippen molar-refractivity contribution in [2.45, 2.75) is 13.3 Å². The van der Waals surface area contributed by atoms with E-state index in [-0.39, 0.29) is 5.91 Å². The van der Waals surface area contributed by atoms with Crippen LogP contribution in [0.3, 0.4) is 0 Å². The minimum atomic E-state index is -0.836. The molecule has 136 valence electrons. The van der Waals surface area contributed by atoms with E-state index in [0.29, 0.717) is 24.7 Å². The van der Waals surface area contributed by atoms with Crippen molar-refractivity contribution >= 4 is 17.7 Å². The quantitative estimate of drug-likeness (QED) is 0.824. The first-order valence-electron chi connectivity index (χ1n) is 8.74. The lowest BCUT2D eigenvalue weighted by Crippen LogP contribution is -2.29. The molecule has 1 unspecified atom stereocenters. The summed E-state index contributed by atoms with van der Waals surface area (Å²) < 4.78 is 26.4. The number of nitrogens with zero attached hydrogens (tertiary/aromatic N) is 1. The number of aryl methyl sites for hydroxylation is 1. The van der Waals surface area contributed by atoms with E-state index in [1.807, 2.05) is 36.1 Å². The van der Waals surface area contributed by atoms with Crippen LogP contribution < -0.4 is 10.2 Å². The first kappa shape index (κ1) is 18.1. The van der Waals surface area contributed by atoms with Crippen LogP contribution in [0.25, 0.3) is 6.08 Å². The van der Waals surface area contributed by atoms with Gasteiger partial charge in [-0.25, -0.2) is 8.78 Å². The maximum atomic E-state index is 13.4. The molecule has 0 radical (unpaired) electrons. The Labute approximate surface area is 152 Å². The van der Waals surface area contributed by atoms with E-state index in [4.69, 9.17) is 0 Å². The largest absolute Gasteiger partial charge is 0.371 e. The van der Waals surface area contributed by atoms with Gasteiger partial charge in [0, 0.05) is 37.5 Å². The number of hydrogen-bond donors (Lipinski definition) is 1. The van der Waals surface area contributed by atoms with Gasteiger partial charge in [-0.05, 0) is 43.0 Å². The Morgan fingerprint density at radius 3 is 2.69 bits per heavy atom. The number of amides is 1. The van der Waals surface area contributed by atoms with E-state index in [2.05, 4.69) is 5.32 Å². The predicted molar refractivity (Wildman–Crippen MR) is 99.9 cm³/mol. The van der Waals surface area contributed by atoms with E-state index in [0.717, 1.165) is 24.6 Å². The monoisotopic (exact) mass is 356 g/mol. The van der Waals surface area contributed by atoms with Crippen molar-refractivity contribution in [2.75, 3.05) is 24.5 Å². The number of benzene rings is 2. The molecule has 0 bridgehead atoms. The number of halogens is 2. The highest BCUT2D eigenvalue weighted by Gasteiger charge is 2.23. The van der Waals surface area contributed by atoms with Gasteiger partial charge in [-0.2, -0.15) is 0 Å². The summed E-state index contributed by atoms with van der Waals surface area (Å²) in [6.45, 7) is 4.07. The third-order valence-electron chi connectivity index (χ3n) is 4.62. The van der Waals surface area contributed by atoms with Gasteiger partial charge in [0.25, 0.3) is 0 Å². The molecule has 1 heterocycles. The van der Waals surface area contributed by atoms with Gasteiger partial charge in [-0.3, -0.25) is 4.79 Å². The fourth-order valence-corrected chi connectivity index (χ4v) is 3.07. The van der Waals surface area contributed by atoms with Crippen LogP contribution in [0.2, 0.25) is 0 Å². The zero-order valence-electron chi connectivity index (χ0n) is 14.7. The fraction of sp³-hybridized carbons (Fsp3) is 0.286. The molecule has 0 spiro atoms. The van der Waals surface area contributed by atoms with Crippen LogP contribution in [-0.4, -0.2) is 25.5 Å². The van der Waals surface area contributed by atoms with E-state index >= 15 is 0 Å². The van der Waals surface area contributed by atoms with Crippen molar-refractivity contribution in [3.63, 3.8) is 0 Å². The average Bonchev–Trinajstić information content (AvgIpc) is 3.11. The van der Waals surface area contributed by atoms with E-state index in [1.165, 1.54) is 17.7 Å². The zero-order valence-corrected chi connectivity index (χ0v) is 14.7. The smallest absolute Gasteiger partial charge is 0.244 e. The Morgan fingerprint density at radius 2 is 1.96 bits per heavy atom. The molecule has 3 rings (SSSR count). The second kappa shape index (κ2) is 8.13. The van der Waals surface area contributed by atoms with Gasteiger partial charge in [-0.1, -0.05) is 29.8 Å². The van der Waals surface area contributed by atoms with Crippen molar-refractivity contribution in [1.29, 1.82) is 0 Å². The number of hydrogen-bond acceptors (Lipinski definition) is 2. The van der Waals surface area contributed by atoms with E-state index < -0.39 is 11.6 Å². The van der Waals surface area contributed by atoms with Crippen molar-refractivity contribution in [2.24, 2.45) is 5.92 Å². The molecule has 1 saturated heterocycles. The molecule has 2 aromatic carbocycles. The van der Waals surface area contributed by atoms with Gasteiger partial charge in [0.1, 0.15) is 0 Å². The Morgan fingerprint density at radius 1 is 1.19 bits per heavy atom. The lowest BCUT2D eigenvalue weighted by molar-refractivity contribution is -0.116. The Hall–Kier alpha value is -2.69. The van der Waals surface area contributed by atoms with Crippen LogP contribution >= 0.6 is 0 Å². The van der Waals surface area contributed by atoms with Crippen LogP contribution in [0.1, 0.15) is 17.5 Å². The second-order valence-electron chi connectivity index (χ2n) is 6.69. The normalized spacial score (nSPS) is 17.0. The van der Waals surface area contributed by atoms with Gasteiger partial charge >= 0.3 is 0 Å². The highest BCUT2D eigenvalue weighted by atomic mass is 19.2.